The molecular formula is C19H25N5O3. The van der Waals surface area contributed by atoms with Gasteiger partial charge >= 0.3 is 0 Å². The quantitative estimate of drug-likeness (QED) is 0.851. The summed E-state index contributed by atoms with van der Waals surface area (Å²) in [5.74, 6) is 1.06. The Bertz CT molecular complexity index is 771. The zero-order valence-electron chi connectivity index (χ0n) is 15.8. The highest BCUT2D eigenvalue weighted by Crippen LogP contribution is 2.37. The van der Waals surface area contributed by atoms with Gasteiger partial charge in [0.1, 0.15) is 11.5 Å². The van der Waals surface area contributed by atoms with Gasteiger partial charge in [0.15, 0.2) is 0 Å². The number of nitrogens with zero attached hydrogens (tertiary/aromatic N) is 4. The predicted octanol–water partition coefficient (Wildman–Crippen LogP) is 1.49. The summed E-state index contributed by atoms with van der Waals surface area (Å²) in [6, 6.07) is 0. The summed E-state index contributed by atoms with van der Waals surface area (Å²) in [7, 11) is 0. The molecule has 8 heteroatoms. The molecule has 4 heterocycles. The number of carbonyl (C=O) groups is 1. The molecule has 144 valence electrons. The maximum atomic E-state index is 12.1. The van der Waals surface area contributed by atoms with Gasteiger partial charge in [-0.15, -0.1) is 0 Å². The molecule has 1 amide bonds. The molecule has 8 nitrogen and oxygen atoms in total. The molecule has 0 saturated carbocycles. The van der Waals surface area contributed by atoms with Gasteiger partial charge < -0.3 is 14.6 Å². The summed E-state index contributed by atoms with van der Waals surface area (Å²) in [5, 5.41) is 6.96. The van der Waals surface area contributed by atoms with Gasteiger partial charge in [0.05, 0.1) is 24.1 Å². The number of likely N-dealkylation sites (tertiary alicyclic amines) is 1. The second-order valence-electron chi connectivity index (χ2n) is 7.65. The van der Waals surface area contributed by atoms with Crippen molar-refractivity contribution in [2.75, 3.05) is 26.2 Å². The van der Waals surface area contributed by atoms with Crippen molar-refractivity contribution in [2.45, 2.75) is 38.8 Å². The summed E-state index contributed by atoms with van der Waals surface area (Å²) >= 11 is 0. The van der Waals surface area contributed by atoms with Crippen molar-refractivity contribution in [2.24, 2.45) is 5.92 Å². The Morgan fingerprint density at radius 2 is 2.22 bits per heavy atom. The third-order valence-electron chi connectivity index (χ3n) is 5.57. The highest BCUT2D eigenvalue weighted by atomic mass is 16.5. The maximum Gasteiger partial charge on any atom is 0.271 e. The molecule has 2 aliphatic rings. The van der Waals surface area contributed by atoms with E-state index in [1.807, 2.05) is 13.8 Å². The molecule has 0 aromatic carbocycles. The van der Waals surface area contributed by atoms with Crippen LogP contribution in [0, 0.1) is 19.8 Å². The van der Waals surface area contributed by atoms with Crippen LogP contribution < -0.4 is 5.32 Å². The van der Waals surface area contributed by atoms with Crippen LogP contribution in [0.25, 0.3) is 0 Å². The zero-order chi connectivity index (χ0) is 18.9. The summed E-state index contributed by atoms with van der Waals surface area (Å²) in [6.45, 7) is 7.98. The summed E-state index contributed by atoms with van der Waals surface area (Å²) in [4.78, 5) is 22.4. The third kappa shape index (κ3) is 3.86. The molecule has 0 radical (unpaired) electrons. The maximum absolute atomic E-state index is 12.1. The molecule has 0 unspecified atom stereocenters. The van der Waals surface area contributed by atoms with Gasteiger partial charge in [-0.3, -0.25) is 14.7 Å². The van der Waals surface area contributed by atoms with Crippen LogP contribution in [0.5, 0.6) is 0 Å². The van der Waals surface area contributed by atoms with Gasteiger partial charge in [0, 0.05) is 44.1 Å². The molecule has 27 heavy (non-hydrogen) atoms. The van der Waals surface area contributed by atoms with Crippen LogP contribution in [0.2, 0.25) is 0 Å². The minimum atomic E-state index is -0.183. The standard InChI is InChI=1S/C19H25N5O3/c1-13-16(14(2)27-23-13)9-24-11-19(12-24)4-3-15(10-26-19)7-22-18(25)17-8-20-5-6-21-17/h5-6,8,15H,3-4,7,9-12H2,1-2H3,(H,22,25)/t15-/m1/s1. The first-order chi connectivity index (χ1) is 13.0. The molecule has 2 aromatic rings. The molecule has 2 aromatic heterocycles. The molecule has 2 saturated heterocycles. The van der Waals surface area contributed by atoms with E-state index in [4.69, 9.17) is 9.26 Å². The van der Waals surface area contributed by atoms with Crippen molar-refractivity contribution >= 4 is 5.91 Å². The van der Waals surface area contributed by atoms with Gasteiger partial charge in [-0.1, -0.05) is 5.16 Å². The second-order valence-corrected chi connectivity index (χ2v) is 7.65. The van der Waals surface area contributed by atoms with Gasteiger partial charge in [0.2, 0.25) is 0 Å². The smallest absolute Gasteiger partial charge is 0.271 e. The Labute approximate surface area is 158 Å². The average molecular weight is 371 g/mol. The van der Waals surface area contributed by atoms with Crippen LogP contribution in [0.15, 0.2) is 23.1 Å². The first-order valence-electron chi connectivity index (χ1n) is 9.37. The number of nitrogens with one attached hydrogen (secondary N) is 1. The molecule has 4 rings (SSSR count). The van der Waals surface area contributed by atoms with Crippen molar-refractivity contribution in [1.29, 1.82) is 0 Å². The number of rotatable bonds is 5. The lowest BCUT2D eigenvalue weighted by Crippen LogP contribution is -2.64. The first kappa shape index (κ1) is 18.1. The number of hydrogen-bond donors (Lipinski definition) is 1. The number of ether oxygens (including phenoxy) is 1. The summed E-state index contributed by atoms with van der Waals surface area (Å²) < 4.78 is 11.4. The van der Waals surface area contributed by atoms with E-state index in [1.54, 1.807) is 6.20 Å². The van der Waals surface area contributed by atoms with Gasteiger partial charge in [0.25, 0.3) is 5.91 Å². The molecule has 1 N–H and O–H groups in total. The predicted molar refractivity (Wildman–Crippen MR) is 97.0 cm³/mol. The number of aromatic nitrogens is 3. The van der Waals surface area contributed by atoms with E-state index in [2.05, 4.69) is 25.3 Å². The minimum Gasteiger partial charge on any atom is -0.372 e. The first-order valence-corrected chi connectivity index (χ1v) is 9.37. The molecule has 0 aliphatic carbocycles. The van der Waals surface area contributed by atoms with Gasteiger partial charge in [-0.05, 0) is 32.6 Å². The Morgan fingerprint density at radius 1 is 1.37 bits per heavy atom. The van der Waals surface area contributed by atoms with Crippen LogP contribution >= 0.6 is 0 Å². The largest absolute Gasteiger partial charge is 0.372 e. The number of carbonyl (C=O) groups excluding carboxylic acids is 1. The fourth-order valence-corrected chi connectivity index (χ4v) is 3.90. The van der Waals surface area contributed by atoms with E-state index in [9.17, 15) is 4.79 Å². The van der Waals surface area contributed by atoms with Crippen molar-refractivity contribution < 1.29 is 14.1 Å². The van der Waals surface area contributed by atoms with E-state index in [0.717, 1.165) is 43.9 Å². The lowest BCUT2D eigenvalue weighted by molar-refractivity contribution is -0.181. The van der Waals surface area contributed by atoms with Crippen LogP contribution in [0.3, 0.4) is 0 Å². The monoisotopic (exact) mass is 371 g/mol. The topological polar surface area (TPSA) is 93.4 Å². The zero-order valence-corrected chi connectivity index (χ0v) is 15.8. The van der Waals surface area contributed by atoms with Crippen molar-refractivity contribution in [3.63, 3.8) is 0 Å². The molecule has 0 bridgehead atoms. The van der Waals surface area contributed by atoms with Gasteiger partial charge in [-0.2, -0.15) is 0 Å². The Hall–Kier alpha value is -2.32. The highest BCUT2D eigenvalue weighted by Gasteiger charge is 2.46. The van der Waals surface area contributed by atoms with Crippen LogP contribution in [-0.2, 0) is 11.3 Å². The van der Waals surface area contributed by atoms with Crippen molar-refractivity contribution in [3.8, 4) is 0 Å². The Kier molecular flexibility index (Phi) is 4.92. The van der Waals surface area contributed by atoms with E-state index < -0.39 is 0 Å². The normalized spacial score (nSPS) is 21.8. The summed E-state index contributed by atoms with van der Waals surface area (Å²) in [5.41, 5.74) is 2.48. The van der Waals surface area contributed by atoms with Crippen LogP contribution in [0.1, 0.15) is 40.3 Å². The molecule has 1 atom stereocenters. The third-order valence-corrected chi connectivity index (χ3v) is 5.57. The fourth-order valence-electron chi connectivity index (χ4n) is 3.90. The Morgan fingerprint density at radius 3 is 2.85 bits per heavy atom. The van der Waals surface area contributed by atoms with E-state index in [1.165, 1.54) is 18.0 Å². The second kappa shape index (κ2) is 7.36. The van der Waals surface area contributed by atoms with Crippen molar-refractivity contribution in [1.82, 2.24) is 25.3 Å². The molecule has 2 fully saturated rings. The van der Waals surface area contributed by atoms with E-state index in [-0.39, 0.29) is 11.5 Å². The number of hydrogen-bond acceptors (Lipinski definition) is 7. The van der Waals surface area contributed by atoms with Crippen LogP contribution in [-0.4, -0.2) is 57.8 Å². The minimum absolute atomic E-state index is 0.0234. The number of aryl methyl sites for hydroxylation is 2. The Balaban J connectivity index is 1.20. The van der Waals surface area contributed by atoms with E-state index >= 15 is 0 Å². The van der Waals surface area contributed by atoms with Gasteiger partial charge in [-0.25, -0.2) is 4.98 Å². The highest BCUT2D eigenvalue weighted by molar-refractivity contribution is 5.91. The molecular weight excluding hydrogens is 346 g/mol. The van der Waals surface area contributed by atoms with Crippen molar-refractivity contribution in [3.05, 3.63) is 41.3 Å². The van der Waals surface area contributed by atoms with E-state index in [0.29, 0.717) is 24.8 Å². The number of amides is 1. The molecule has 2 aliphatic heterocycles. The molecule has 1 spiro atoms. The lowest BCUT2D eigenvalue weighted by Gasteiger charge is -2.53. The SMILES string of the molecule is Cc1noc(C)c1CN1CC2(CC[C@H](CNC(=O)c3cnccn3)CO2)C1. The lowest BCUT2D eigenvalue weighted by atomic mass is 9.82. The fraction of sp³-hybridized carbons (Fsp3) is 0.579. The van der Waals surface area contributed by atoms with Crippen LogP contribution in [0.4, 0.5) is 0 Å². The average Bonchev–Trinajstić information content (AvgIpc) is 2.98. The summed E-state index contributed by atoms with van der Waals surface area (Å²) in [6.07, 6.45) is 6.63.